The number of carbonyl (C=O) groups is 1. The van der Waals surface area contributed by atoms with Crippen molar-refractivity contribution in [3.63, 3.8) is 0 Å². The van der Waals surface area contributed by atoms with Crippen LogP contribution in [0.25, 0.3) is 0 Å². The van der Waals surface area contributed by atoms with Crippen LogP contribution in [0.1, 0.15) is 53.9 Å². The van der Waals surface area contributed by atoms with E-state index in [2.05, 4.69) is 50.9 Å². The number of rotatable bonds is 7. The lowest BCUT2D eigenvalue weighted by atomic mass is 9.72. The summed E-state index contributed by atoms with van der Waals surface area (Å²) in [5.74, 6) is -0.922. The summed E-state index contributed by atoms with van der Waals surface area (Å²) in [6, 6.07) is 0. The predicted molar refractivity (Wildman–Crippen MR) is 107 cm³/mol. The van der Waals surface area contributed by atoms with Crippen molar-refractivity contribution in [3.05, 3.63) is 58.7 Å². The highest BCUT2D eigenvalue weighted by molar-refractivity contribution is 5.77. The standard InChI is InChI=1S/C22H31NO2/c1-17(8-6-9-18(2)13-15-23-16-21(24)25)11-12-20-19(3)10-7-14-22(20,4)5/h6,8-9,11-13,15H,7,10,14,16H2,1-5H3,(H,24,25)/b9-6+,12-11+,17-8+,18-13+,23-15?. The second kappa shape index (κ2) is 9.97. The predicted octanol–water partition coefficient (Wildman–Crippen LogP) is 5.67. The first kappa shape index (κ1) is 20.9. The molecule has 0 aromatic heterocycles. The minimum absolute atomic E-state index is 0.192. The summed E-state index contributed by atoms with van der Waals surface area (Å²) in [6.07, 6.45) is 17.6. The smallest absolute Gasteiger partial charge is 0.325 e. The van der Waals surface area contributed by atoms with Crippen LogP contribution in [0.5, 0.6) is 0 Å². The highest BCUT2D eigenvalue weighted by atomic mass is 16.4. The Morgan fingerprint density at radius 1 is 1.20 bits per heavy atom. The van der Waals surface area contributed by atoms with Crippen LogP contribution in [0.15, 0.2) is 63.7 Å². The van der Waals surface area contributed by atoms with Crippen molar-refractivity contribution in [3.8, 4) is 0 Å². The average Bonchev–Trinajstić information content (AvgIpc) is 2.50. The molecule has 1 rings (SSSR count). The third-order valence-corrected chi connectivity index (χ3v) is 4.44. The van der Waals surface area contributed by atoms with Crippen molar-refractivity contribution in [2.24, 2.45) is 10.4 Å². The Bertz CT molecular complexity index is 656. The summed E-state index contributed by atoms with van der Waals surface area (Å²) >= 11 is 0. The first-order valence-electron chi connectivity index (χ1n) is 8.84. The number of aliphatic imine (C=N–C) groups is 1. The van der Waals surface area contributed by atoms with Gasteiger partial charge in [0, 0.05) is 6.21 Å². The van der Waals surface area contributed by atoms with Crippen LogP contribution in [0.4, 0.5) is 0 Å². The van der Waals surface area contributed by atoms with Gasteiger partial charge in [0.1, 0.15) is 6.54 Å². The Labute approximate surface area is 152 Å². The Morgan fingerprint density at radius 2 is 1.88 bits per heavy atom. The second-order valence-electron chi connectivity index (χ2n) is 7.33. The van der Waals surface area contributed by atoms with Gasteiger partial charge in [-0.3, -0.25) is 9.79 Å². The fourth-order valence-corrected chi connectivity index (χ4v) is 2.99. The van der Waals surface area contributed by atoms with Crippen LogP contribution in [0.2, 0.25) is 0 Å². The maximum absolute atomic E-state index is 10.4. The van der Waals surface area contributed by atoms with Crippen molar-refractivity contribution in [2.75, 3.05) is 6.54 Å². The molecule has 0 fully saturated rings. The van der Waals surface area contributed by atoms with E-state index in [1.165, 1.54) is 42.2 Å². The third-order valence-electron chi connectivity index (χ3n) is 4.44. The highest BCUT2D eigenvalue weighted by Gasteiger charge is 2.26. The van der Waals surface area contributed by atoms with Gasteiger partial charge in [0.15, 0.2) is 0 Å². The van der Waals surface area contributed by atoms with Crippen molar-refractivity contribution in [1.82, 2.24) is 0 Å². The molecule has 0 amide bonds. The summed E-state index contributed by atoms with van der Waals surface area (Å²) in [6.45, 7) is 10.8. The van der Waals surface area contributed by atoms with E-state index in [1.807, 2.05) is 19.1 Å². The molecule has 0 spiro atoms. The fourth-order valence-electron chi connectivity index (χ4n) is 2.99. The molecule has 25 heavy (non-hydrogen) atoms. The molecule has 0 saturated heterocycles. The van der Waals surface area contributed by atoms with Crippen LogP contribution in [-0.2, 0) is 4.79 Å². The molecule has 0 radical (unpaired) electrons. The molecule has 0 heterocycles. The lowest BCUT2D eigenvalue weighted by Gasteiger charge is -2.32. The van der Waals surface area contributed by atoms with Gasteiger partial charge in [0.25, 0.3) is 0 Å². The van der Waals surface area contributed by atoms with Crippen LogP contribution >= 0.6 is 0 Å². The third kappa shape index (κ3) is 7.97. The van der Waals surface area contributed by atoms with Gasteiger partial charge in [-0.05, 0) is 62.7 Å². The number of nitrogens with zero attached hydrogens (tertiary/aromatic N) is 1. The van der Waals surface area contributed by atoms with E-state index in [-0.39, 0.29) is 12.0 Å². The van der Waals surface area contributed by atoms with E-state index in [4.69, 9.17) is 5.11 Å². The molecule has 136 valence electrons. The number of carboxylic acids is 1. The molecule has 1 N–H and O–H groups in total. The number of aliphatic carboxylic acids is 1. The number of allylic oxidation sites excluding steroid dienone is 10. The van der Waals surface area contributed by atoms with Gasteiger partial charge in [-0.1, -0.05) is 55.4 Å². The van der Waals surface area contributed by atoms with E-state index in [9.17, 15) is 4.79 Å². The molecule has 0 aromatic carbocycles. The molecule has 0 saturated carbocycles. The number of hydrogen-bond donors (Lipinski definition) is 1. The Hall–Kier alpha value is -2.16. The average molecular weight is 341 g/mol. The monoisotopic (exact) mass is 341 g/mol. The fraction of sp³-hybridized carbons (Fsp3) is 0.455. The van der Waals surface area contributed by atoms with E-state index >= 15 is 0 Å². The zero-order chi connectivity index (χ0) is 18.9. The molecule has 0 bridgehead atoms. The summed E-state index contributed by atoms with van der Waals surface area (Å²) < 4.78 is 0. The number of carboxylic acid groups (broad SMARTS) is 1. The second-order valence-corrected chi connectivity index (χ2v) is 7.33. The molecule has 0 unspecified atom stereocenters. The van der Waals surface area contributed by atoms with Gasteiger partial charge >= 0.3 is 5.97 Å². The summed E-state index contributed by atoms with van der Waals surface area (Å²) in [5, 5.41) is 8.51. The molecule has 0 aromatic rings. The van der Waals surface area contributed by atoms with Gasteiger partial charge in [-0.2, -0.15) is 0 Å². The zero-order valence-electron chi connectivity index (χ0n) is 16.2. The summed E-state index contributed by atoms with van der Waals surface area (Å²) in [7, 11) is 0. The largest absolute Gasteiger partial charge is 0.480 e. The zero-order valence-corrected chi connectivity index (χ0v) is 16.2. The van der Waals surface area contributed by atoms with E-state index < -0.39 is 5.97 Å². The molecular weight excluding hydrogens is 310 g/mol. The van der Waals surface area contributed by atoms with Gasteiger partial charge < -0.3 is 5.11 Å². The van der Waals surface area contributed by atoms with Crippen LogP contribution in [0.3, 0.4) is 0 Å². The van der Waals surface area contributed by atoms with Crippen molar-refractivity contribution >= 4 is 12.2 Å². The van der Waals surface area contributed by atoms with Gasteiger partial charge in [0.05, 0.1) is 0 Å². The Kier molecular flexibility index (Phi) is 8.33. The Balaban J connectivity index is 2.68. The summed E-state index contributed by atoms with van der Waals surface area (Å²) in [4.78, 5) is 14.2. The quantitative estimate of drug-likeness (QED) is 0.479. The van der Waals surface area contributed by atoms with Gasteiger partial charge in [-0.15, -0.1) is 0 Å². The molecular formula is C22H31NO2. The van der Waals surface area contributed by atoms with Crippen molar-refractivity contribution in [2.45, 2.75) is 53.9 Å². The van der Waals surface area contributed by atoms with Gasteiger partial charge in [-0.25, -0.2) is 0 Å². The molecule has 3 nitrogen and oxygen atoms in total. The maximum atomic E-state index is 10.4. The minimum atomic E-state index is -0.922. The van der Waals surface area contributed by atoms with E-state index in [1.54, 1.807) is 6.08 Å². The first-order valence-corrected chi connectivity index (χ1v) is 8.84. The van der Waals surface area contributed by atoms with E-state index in [0.717, 1.165) is 5.57 Å². The van der Waals surface area contributed by atoms with Crippen LogP contribution in [0, 0.1) is 5.41 Å². The molecule has 0 atom stereocenters. The maximum Gasteiger partial charge on any atom is 0.325 e. The normalized spacial score (nSPS) is 19.6. The lowest BCUT2D eigenvalue weighted by Crippen LogP contribution is -2.19. The van der Waals surface area contributed by atoms with E-state index in [0.29, 0.717) is 0 Å². The van der Waals surface area contributed by atoms with Crippen molar-refractivity contribution < 1.29 is 9.90 Å². The number of hydrogen-bond acceptors (Lipinski definition) is 2. The highest BCUT2D eigenvalue weighted by Crippen LogP contribution is 2.40. The SMILES string of the molecule is CC1=C(/C=C/C(C)=C/C=C/C(C)=C/C=NCC(=O)O)C(C)(C)CCC1. The topological polar surface area (TPSA) is 49.7 Å². The molecule has 1 aliphatic rings. The van der Waals surface area contributed by atoms with Crippen LogP contribution in [-0.4, -0.2) is 23.8 Å². The molecule has 0 aliphatic heterocycles. The molecule has 3 heteroatoms. The van der Waals surface area contributed by atoms with Gasteiger partial charge in [0.2, 0.25) is 0 Å². The van der Waals surface area contributed by atoms with Crippen molar-refractivity contribution in [1.29, 1.82) is 0 Å². The van der Waals surface area contributed by atoms with Crippen LogP contribution < -0.4 is 0 Å². The Morgan fingerprint density at radius 3 is 2.52 bits per heavy atom. The molecule has 1 aliphatic carbocycles. The minimum Gasteiger partial charge on any atom is -0.480 e. The first-order chi connectivity index (χ1) is 11.7. The lowest BCUT2D eigenvalue weighted by molar-refractivity contribution is -0.135. The summed E-state index contributed by atoms with van der Waals surface area (Å²) in [5.41, 5.74) is 5.47.